The van der Waals surface area contributed by atoms with Gasteiger partial charge in [0.25, 0.3) is 0 Å². The van der Waals surface area contributed by atoms with Crippen LogP contribution in [0.15, 0.2) is 28.7 Å². The van der Waals surface area contributed by atoms with Gasteiger partial charge in [-0.05, 0) is 36.5 Å². The van der Waals surface area contributed by atoms with Crippen LogP contribution in [0.25, 0.3) is 0 Å². The van der Waals surface area contributed by atoms with Crippen LogP contribution in [0, 0.1) is 5.41 Å². The molecule has 1 saturated heterocycles. The van der Waals surface area contributed by atoms with Gasteiger partial charge in [-0.2, -0.15) is 0 Å². The van der Waals surface area contributed by atoms with Crippen LogP contribution in [0.4, 0.5) is 0 Å². The van der Waals surface area contributed by atoms with Crippen molar-refractivity contribution in [1.29, 1.82) is 0 Å². The van der Waals surface area contributed by atoms with Crippen molar-refractivity contribution in [2.24, 2.45) is 11.1 Å². The highest BCUT2D eigenvalue weighted by Crippen LogP contribution is 2.33. The fraction of sp³-hybridized carbons (Fsp3) is 0.600. The van der Waals surface area contributed by atoms with Gasteiger partial charge in [0.05, 0.1) is 0 Å². The zero-order valence-corrected chi connectivity index (χ0v) is 14.3. The summed E-state index contributed by atoms with van der Waals surface area (Å²) >= 11 is 3.55. The molecule has 1 aromatic carbocycles. The van der Waals surface area contributed by atoms with E-state index in [0.29, 0.717) is 12.1 Å². The summed E-state index contributed by atoms with van der Waals surface area (Å²) in [6, 6.07) is 9.38. The normalized spacial score (nSPS) is 24.6. The maximum Gasteiger partial charge on any atom is 0.0320 e. The minimum atomic E-state index is 0. The Labute approximate surface area is 131 Å². The van der Waals surface area contributed by atoms with Gasteiger partial charge in [-0.15, -0.1) is 12.4 Å². The highest BCUT2D eigenvalue weighted by molar-refractivity contribution is 9.10. The fourth-order valence-corrected chi connectivity index (χ4v) is 3.14. The molecule has 0 spiro atoms. The maximum absolute atomic E-state index is 6.20. The number of halogens is 2. The molecule has 108 valence electrons. The summed E-state index contributed by atoms with van der Waals surface area (Å²) in [5, 5.41) is 0. The van der Waals surface area contributed by atoms with E-state index in [-0.39, 0.29) is 17.8 Å². The van der Waals surface area contributed by atoms with Crippen molar-refractivity contribution < 1.29 is 0 Å². The molecule has 0 aromatic heterocycles. The van der Waals surface area contributed by atoms with Crippen LogP contribution in [0.3, 0.4) is 0 Å². The molecule has 2 atom stereocenters. The lowest BCUT2D eigenvalue weighted by molar-refractivity contribution is 0.0664. The van der Waals surface area contributed by atoms with Crippen LogP contribution in [-0.4, -0.2) is 24.0 Å². The Morgan fingerprint density at radius 3 is 2.68 bits per heavy atom. The summed E-state index contributed by atoms with van der Waals surface area (Å²) in [5.41, 5.74) is 7.78. The molecule has 1 aliphatic rings. The lowest BCUT2D eigenvalue weighted by atomic mass is 9.79. The quantitative estimate of drug-likeness (QED) is 0.876. The molecule has 0 bridgehead atoms. The Kier molecular flexibility index (Phi) is 5.87. The van der Waals surface area contributed by atoms with Gasteiger partial charge in [0, 0.05) is 29.6 Å². The molecule has 1 fully saturated rings. The lowest BCUT2D eigenvalue weighted by Crippen LogP contribution is -2.52. The zero-order valence-electron chi connectivity index (χ0n) is 11.9. The first-order valence-corrected chi connectivity index (χ1v) is 7.44. The summed E-state index contributed by atoms with van der Waals surface area (Å²) in [6.45, 7) is 9.00. The predicted octanol–water partition coefficient (Wildman–Crippen LogP) is 3.99. The molecule has 1 aliphatic heterocycles. The van der Waals surface area contributed by atoms with Gasteiger partial charge in [-0.25, -0.2) is 0 Å². The minimum absolute atomic E-state index is 0. The average Bonchev–Trinajstić information content (AvgIpc) is 2.31. The van der Waals surface area contributed by atoms with Crippen LogP contribution >= 0.6 is 28.3 Å². The zero-order chi connectivity index (χ0) is 13.3. The minimum Gasteiger partial charge on any atom is -0.327 e. The molecule has 2 unspecified atom stereocenters. The number of piperidine rings is 1. The molecule has 1 heterocycles. The largest absolute Gasteiger partial charge is 0.327 e. The Morgan fingerprint density at radius 2 is 2.11 bits per heavy atom. The SMILES string of the molecule is CC(c1cccc(Br)c1)N1CCC(N)C(C)(C)C1.Cl. The molecule has 19 heavy (non-hydrogen) atoms. The van der Waals surface area contributed by atoms with Crippen molar-refractivity contribution >= 4 is 28.3 Å². The number of nitrogens with zero attached hydrogens (tertiary/aromatic N) is 1. The van der Waals surface area contributed by atoms with Gasteiger partial charge in [0.2, 0.25) is 0 Å². The highest BCUT2D eigenvalue weighted by Gasteiger charge is 2.35. The standard InChI is InChI=1S/C15H23BrN2.ClH/c1-11(12-5-4-6-13(16)9-12)18-8-7-14(17)15(2,3)10-18;/h4-6,9,11,14H,7-8,10,17H2,1-3H3;1H. The highest BCUT2D eigenvalue weighted by atomic mass is 79.9. The summed E-state index contributed by atoms with van der Waals surface area (Å²) in [7, 11) is 0. The van der Waals surface area contributed by atoms with Crippen LogP contribution in [0.2, 0.25) is 0 Å². The van der Waals surface area contributed by atoms with E-state index in [0.717, 1.165) is 24.0 Å². The number of nitrogens with two attached hydrogens (primary N) is 1. The third kappa shape index (κ3) is 3.94. The van der Waals surface area contributed by atoms with Crippen molar-refractivity contribution in [1.82, 2.24) is 4.90 Å². The molecule has 1 aromatic rings. The molecule has 4 heteroatoms. The van der Waals surface area contributed by atoms with Crippen molar-refractivity contribution in [2.45, 2.75) is 39.3 Å². The average molecular weight is 348 g/mol. The van der Waals surface area contributed by atoms with Crippen molar-refractivity contribution in [3.63, 3.8) is 0 Å². The number of benzene rings is 1. The van der Waals surface area contributed by atoms with Gasteiger partial charge >= 0.3 is 0 Å². The number of hydrogen-bond acceptors (Lipinski definition) is 2. The maximum atomic E-state index is 6.20. The molecule has 0 saturated carbocycles. The molecular weight excluding hydrogens is 324 g/mol. The van der Waals surface area contributed by atoms with Crippen molar-refractivity contribution in [3.8, 4) is 0 Å². The predicted molar refractivity (Wildman–Crippen MR) is 87.8 cm³/mol. The lowest BCUT2D eigenvalue weighted by Gasteiger charge is -2.45. The Morgan fingerprint density at radius 1 is 1.42 bits per heavy atom. The molecule has 2 N–H and O–H groups in total. The van der Waals surface area contributed by atoms with E-state index in [1.165, 1.54) is 5.56 Å². The van der Waals surface area contributed by atoms with E-state index < -0.39 is 0 Å². The first-order chi connectivity index (χ1) is 8.40. The smallest absolute Gasteiger partial charge is 0.0320 e. The van der Waals surface area contributed by atoms with Crippen LogP contribution < -0.4 is 5.73 Å². The topological polar surface area (TPSA) is 29.3 Å². The van der Waals surface area contributed by atoms with E-state index >= 15 is 0 Å². The number of likely N-dealkylation sites (tertiary alicyclic amines) is 1. The van der Waals surface area contributed by atoms with E-state index in [2.05, 4.69) is 65.9 Å². The van der Waals surface area contributed by atoms with Gasteiger partial charge in [-0.1, -0.05) is 41.9 Å². The van der Waals surface area contributed by atoms with Crippen molar-refractivity contribution in [3.05, 3.63) is 34.3 Å². The fourth-order valence-electron chi connectivity index (χ4n) is 2.72. The van der Waals surface area contributed by atoms with E-state index in [1.54, 1.807) is 0 Å². The van der Waals surface area contributed by atoms with Gasteiger partial charge in [0.15, 0.2) is 0 Å². The first-order valence-electron chi connectivity index (χ1n) is 6.65. The van der Waals surface area contributed by atoms with E-state index in [9.17, 15) is 0 Å². The van der Waals surface area contributed by atoms with Crippen LogP contribution in [0.5, 0.6) is 0 Å². The Hall–Kier alpha value is -0.0900. The molecule has 0 radical (unpaired) electrons. The second-order valence-corrected chi connectivity index (χ2v) is 7.00. The first kappa shape index (κ1) is 17.0. The summed E-state index contributed by atoms with van der Waals surface area (Å²) < 4.78 is 1.15. The molecule has 2 rings (SSSR count). The molecular formula is C15H24BrClN2. The molecule has 0 aliphatic carbocycles. The van der Waals surface area contributed by atoms with E-state index in [1.807, 2.05) is 0 Å². The second kappa shape index (κ2) is 6.57. The number of rotatable bonds is 2. The Balaban J connectivity index is 0.00000180. The second-order valence-electron chi connectivity index (χ2n) is 6.09. The molecule has 2 nitrogen and oxygen atoms in total. The van der Waals surface area contributed by atoms with Crippen molar-refractivity contribution in [2.75, 3.05) is 13.1 Å². The summed E-state index contributed by atoms with van der Waals surface area (Å²) in [5.74, 6) is 0. The van der Waals surface area contributed by atoms with Crippen LogP contribution in [-0.2, 0) is 0 Å². The third-order valence-corrected chi connectivity index (χ3v) is 4.71. The van der Waals surface area contributed by atoms with E-state index in [4.69, 9.17) is 5.73 Å². The van der Waals surface area contributed by atoms with Crippen LogP contribution in [0.1, 0.15) is 38.8 Å². The summed E-state index contributed by atoms with van der Waals surface area (Å²) in [4.78, 5) is 2.55. The van der Waals surface area contributed by atoms with Gasteiger partial charge in [0.1, 0.15) is 0 Å². The summed E-state index contributed by atoms with van der Waals surface area (Å²) in [6.07, 6.45) is 1.09. The van der Waals surface area contributed by atoms with Gasteiger partial charge in [-0.3, -0.25) is 4.90 Å². The van der Waals surface area contributed by atoms with Gasteiger partial charge < -0.3 is 5.73 Å². The molecule has 0 amide bonds. The number of hydrogen-bond donors (Lipinski definition) is 1. The third-order valence-electron chi connectivity index (χ3n) is 4.22. The monoisotopic (exact) mass is 346 g/mol. The Bertz CT molecular complexity index is 422.